The summed E-state index contributed by atoms with van der Waals surface area (Å²) in [6, 6.07) is 8.67. The van der Waals surface area contributed by atoms with E-state index in [1.807, 2.05) is 22.7 Å². The standard InChI is InChI=1S/C15H17NOS2.BrH/c1-17-12-8-11(9-16-10-12)15(13-4-2-6-18-13)14-5-3-7-19-14;/h2-7,12,16H,8-10H2,1H3;1H. The lowest BCUT2D eigenvalue weighted by atomic mass is 9.96. The first kappa shape index (κ1) is 15.9. The molecule has 1 N–H and O–H groups in total. The second kappa shape index (κ2) is 7.52. The van der Waals surface area contributed by atoms with Crippen LogP contribution in [0.5, 0.6) is 0 Å². The quantitative estimate of drug-likeness (QED) is 0.872. The molecule has 2 nitrogen and oxygen atoms in total. The minimum atomic E-state index is 0. The fourth-order valence-electron chi connectivity index (χ4n) is 2.47. The number of methoxy groups -OCH3 is 1. The maximum atomic E-state index is 5.52. The number of rotatable bonds is 3. The zero-order valence-corrected chi connectivity index (χ0v) is 14.6. The van der Waals surface area contributed by atoms with Gasteiger partial charge in [-0.25, -0.2) is 0 Å². The Bertz CT molecular complexity index is 512. The smallest absolute Gasteiger partial charge is 0.0733 e. The third-order valence-electron chi connectivity index (χ3n) is 3.41. The van der Waals surface area contributed by atoms with E-state index < -0.39 is 0 Å². The molecule has 2 aromatic rings. The van der Waals surface area contributed by atoms with Gasteiger partial charge in [0, 0.05) is 35.5 Å². The van der Waals surface area contributed by atoms with Gasteiger partial charge in [0.1, 0.15) is 0 Å². The van der Waals surface area contributed by atoms with Crippen molar-refractivity contribution in [3.63, 3.8) is 0 Å². The largest absolute Gasteiger partial charge is 0.380 e. The summed E-state index contributed by atoms with van der Waals surface area (Å²) in [6.07, 6.45) is 1.31. The van der Waals surface area contributed by atoms with Gasteiger partial charge < -0.3 is 10.1 Å². The van der Waals surface area contributed by atoms with Gasteiger partial charge in [0.15, 0.2) is 0 Å². The fourth-order valence-corrected chi connectivity index (χ4v) is 4.20. The SMILES string of the molecule is Br.COC1CNCC(=C(c2cccs2)c2cccs2)C1. The lowest BCUT2D eigenvalue weighted by Crippen LogP contribution is -2.36. The van der Waals surface area contributed by atoms with E-state index in [0.29, 0.717) is 6.10 Å². The van der Waals surface area contributed by atoms with Crippen LogP contribution in [0.1, 0.15) is 16.2 Å². The van der Waals surface area contributed by atoms with Gasteiger partial charge in [-0.15, -0.1) is 39.7 Å². The third kappa shape index (κ3) is 3.40. The maximum Gasteiger partial charge on any atom is 0.0733 e. The molecule has 1 aliphatic heterocycles. The van der Waals surface area contributed by atoms with Crippen LogP contribution in [0.3, 0.4) is 0 Å². The van der Waals surface area contributed by atoms with Gasteiger partial charge in [0.2, 0.25) is 0 Å². The predicted molar refractivity (Wildman–Crippen MR) is 93.3 cm³/mol. The Kier molecular flexibility index (Phi) is 5.99. The second-order valence-electron chi connectivity index (χ2n) is 4.63. The van der Waals surface area contributed by atoms with E-state index in [0.717, 1.165) is 19.5 Å². The molecule has 3 rings (SSSR count). The van der Waals surface area contributed by atoms with Gasteiger partial charge in [-0.2, -0.15) is 0 Å². The summed E-state index contributed by atoms with van der Waals surface area (Å²) in [5, 5.41) is 7.76. The molecule has 1 aliphatic rings. The molecular weight excluding hydrogens is 354 g/mol. The Morgan fingerprint density at radius 2 is 1.85 bits per heavy atom. The highest BCUT2D eigenvalue weighted by Crippen LogP contribution is 2.35. The van der Waals surface area contributed by atoms with E-state index in [1.54, 1.807) is 7.11 Å². The van der Waals surface area contributed by atoms with E-state index in [4.69, 9.17) is 4.74 Å². The van der Waals surface area contributed by atoms with Crippen LogP contribution in [-0.4, -0.2) is 26.3 Å². The molecule has 2 aromatic heterocycles. The van der Waals surface area contributed by atoms with Crippen LogP contribution < -0.4 is 5.32 Å². The molecule has 1 fully saturated rings. The highest BCUT2D eigenvalue weighted by Gasteiger charge is 2.21. The van der Waals surface area contributed by atoms with Crippen LogP contribution in [0, 0.1) is 0 Å². The number of halogens is 1. The van der Waals surface area contributed by atoms with Crippen molar-refractivity contribution in [2.75, 3.05) is 20.2 Å². The van der Waals surface area contributed by atoms with Crippen LogP contribution in [0.25, 0.3) is 5.57 Å². The molecule has 108 valence electrons. The molecule has 1 unspecified atom stereocenters. The second-order valence-corrected chi connectivity index (χ2v) is 6.52. The van der Waals surface area contributed by atoms with Gasteiger partial charge in [-0.3, -0.25) is 0 Å². The van der Waals surface area contributed by atoms with Crippen LogP contribution in [0.4, 0.5) is 0 Å². The number of piperidine rings is 1. The molecular formula is C15H18BrNOS2. The summed E-state index contributed by atoms with van der Waals surface area (Å²) >= 11 is 3.62. The maximum absolute atomic E-state index is 5.52. The molecule has 5 heteroatoms. The Morgan fingerprint density at radius 1 is 1.20 bits per heavy atom. The molecule has 0 saturated carbocycles. The summed E-state index contributed by atoms with van der Waals surface area (Å²) in [6.45, 7) is 1.91. The van der Waals surface area contributed by atoms with Crippen molar-refractivity contribution in [3.8, 4) is 0 Å². The van der Waals surface area contributed by atoms with E-state index in [1.165, 1.54) is 20.9 Å². The predicted octanol–water partition coefficient (Wildman–Crippen LogP) is 4.20. The molecule has 1 atom stereocenters. The fraction of sp³-hybridized carbons (Fsp3) is 0.333. The van der Waals surface area contributed by atoms with Crippen molar-refractivity contribution in [2.24, 2.45) is 0 Å². The van der Waals surface area contributed by atoms with E-state index in [2.05, 4.69) is 40.3 Å². The van der Waals surface area contributed by atoms with Crippen LogP contribution >= 0.6 is 39.7 Å². The third-order valence-corrected chi connectivity index (χ3v) is 5.18. The van der Waals surface area contributed by atoms with Gasteiger partial charge in [0.25, 0.3) is 0 Å². The Labute approximate surface area is 138 Å². The minimum absolute atomic E-state index is 0. The van der Waals surface area contributed by atoms with Crippen molar-refractivity contribution >= 4 is 45.2 Å². The number of thiophene rings is 2. The van der Waals surface area contributed by atoms with Gasteiger partial charge in [-0.05, 0) is 34.9 Å². The highest BCUT2D eigenvalue weighted by atomic mass is 79.9. The average Bonchev–Trinajstić information content (AvgIpc) is 3.13. The Hall–Kier alpha value is -0.460. The average molecular weight is 372 g/mol. The van der Waals surface area contributed by atoms with E-state index in [-0.39, 0.29) is 17.0 Å². The molecule has 0 aliphatic carbocycles. The van der Waals surface area contributed by atoms with Gasteiger partial charge in [0.05, 0.1) is 6.10 Å². The van der Waals surface area contributed by atoms with Crippen LogP contribution in [0.15, 0.2) is 40.6 Å². The first-order valence-electron chi connectivity index (χ1n) is 6.41. The lowest BCUT2D eigenvalue weighted by Gasteiger charge is -2.26. The first-order valence-corrected chi connectivity index (χ1v) is 8.17. The van der Waals surface area contributed by atoms with Gasteiger partial charge >= 0.3 is 0 Å². The number of nitrogens with one attached hydrogen (secondary N) is 1. The van der Waals surface area contributed by atoms with E-state index in [9.17, 15) is 0 Å². The van der Waals surface area contributed by atoms with Crippen molar-refractivity contribution in [1.82, 2.24) is 5.32 Å². The minimum Gasteiger partial charge on any atom is -0.380 e. The summed E-state index contributed by atoms with van der Waals surface area (Å²) in [4.78, 5) is 2.71. The molecule has 0 bridgehead atoms. The molecule has 0 aromatic carbocycles. The van der Waals surface area contributed by atoms with Crippen LogP contribution in [-0.2, 0) is 4.74 Å². The topological polar surface area (TPSA) is 21.3 Å². The summed E-state index contributed by atoms with van der Waals surface area (Å²) < 4.78 is 5.52. The summed E-state index contributed by atoms with van der Waals surface area (Å²) in [7, 11) is 1.80. The first-order chi connectivity index (χ1) is 9.38. The molecule has 0 radical (unpaired) electrons. The molecule has 1 saturated heterocycles. The summed E-state index contributed by atoms with van der Waals surface area (Å²) in [5.41, 5.74) is 2.86. The van der Waals surface area contributed by atoms with Crippen molar-refractivity contribution in [1.29, 1.82) is 0 Å². The summed E-state index contributed by atoms with van der Waals surface area (Å²) in [5.74, 6) is 0. The normalized spacial score (nSPS) is 18.6. The van der Waals surface area contributed by atoms with Crippen molar-refractivity contribution in [3.05, 3.63) is 50.4 Å². The number of ether oxygens (including phenoxy) is 1. The molecule has 0 amide bonds. The van der Waals surface area contributed by atoms with Crippen molar-refractivity contribution < 1.29 is 4.74 Å². The van der Waals surface area contributed by atoms with E-state index >= 15 is 0 Å². The monoisotopic (exact) mass is 371 g/mol. The van der Waals surface area contributed by atoms with Crippen LogP contribution in [0.2, 0.25) is 0 Å². The number of hydrogen-bond acceptors (Lipinski definition) is 4. The molecule has 20 heavy (non-hydrogen) atoms. The Morgan fingerprint density at radius 3 is 2.35 bits per heavy atom. The van der Waals surface area contributed by atoms with Gasteiger partial charge in [-0.1, -0.05) is 12.1 Å². The lowest BCUT2D eigenvalue weighted by molar-refractivity contribution is 0.0945. The molecule has 3 heterocycles. The Balaban J connectivity index is 0.00000147. The zero-order valence-electron chi connectivity index (χ0n) is 11.3. The van der Waals surface area contributed by atoms with Crippen molar-refractivity contribution in [2.45, 2.75) is 12.5 Å². The zero-order chi connectivity index (χ0) is 13.1. The number of hydrogen-bond donors (Lipinski definition) is 1. The molecule has 0 spiro atoms. The highest BCUT2D eigenvalue weighted by molar-refractivity contribution is 8.93.